The number of hydrogen-bond donors (Lipinski definition) is 1. The van der Waals surface area contributed by atoms with Crippen molar-refractivity contribution in [2.24, 2.45) is 0 Å². The first kappa shape index (κ1) is 20.9. The molecule has 0 saturated carbocycles. The molecule has 1 amide bonds. The van der Waals surface area contributed by atoms with E-state index in [0.717, 1.165) is 24.2 Å². The minimum Gasteiger partial charge on any atom is -0.326 e. The van der Waals surface area contributed by atoms with Crippen LogP contribution in [-0.2, 0) is 11.2 Å². The minimum atomic E-state index is -0.138. The summed E-state index contributed by atoms with van der Waals surface area (Å²) in [5, 5.41) is 7.27. The maximum atomic E-state index is 12.9. The van der Waals surface area contributed by atoms with Gasteiger partial charge in [0, 0.05) is 23.4 Å². The van der Waals surface area contributed by atoms with Gasteiger partial charge < -0.3 is 5.32 Å². The number of nitrogens with zero attached hydrogens (tertiary/aromatic N) is 2. The molecular weight excluding hydrogens is 338 g/mol. The zero-order valence-corrected chi connectivity index (χ0v) is 17.0. The van der Waals surface area contributed by atoms with Gasteiger partial charge in [-0.2, -0.15) is 5.10 Å². The number of anilines is 1. The highest BCUT2D eigenvalue weighted by Gasteiger charge is 2.17. The first-order valence-electron chi connectivity index (χ1n) is 9.97. The predicted molar refractivity (Wildman–Crippen MR) is 109 cm³/mol. The molecular formula is C22H31N3O2. The summed E-state index contributed by atoms with van der Waals surface area (Å²) in [7, 11) is 0. The molecule has 1 heterocycles. The summed E-state index contributed by atoms with van der Waals surface area (Å²) in [4.78, 5) is 24.3. The number of benzene rings is 1. The van der Waals surface area contributed by atoms with E-state index in [1.807, 2.05) is 13.8 Å². The van der Waals surface area contributed by atoms with Gasteiger partial charge in [0.15, 0.2) is 0 Å². The minimum absolute atomic E-state index is 0.0452. The van der Waals surface area contributed by atoms with E-state index in [4.69, 9.17) is 0 Å². The fourth-order valence-electron chi connectivity index (χ4n) is 3.21. The normalized spacial score (nSPS) is 10.8. The summed E-state index contributed by atoms with van der Waals surface area (Å²) in [5.74, 6) is -0.183. The SMILES string of the molecule is CCCCCCCc1c(C)nn(C(=O)c2ccc(NC(=O)CC)cc2)c1C. The zero-order chi connectivity index (χ0) is 19.8. The van der Waals surface area contributed by atoms with E-state index in [-0.39, 0.29) is 11.8 Å². The molecule has 0 aliphatic carbocycles. The lowest BCUT2D eigenvalue weighted by molar-refractivity contribution is -0.115. The van der Waals surface area contributed by atoms with Crippen molar-refractivity contribution in [3.05, 3.63) is 46.8 Å². The van der Waals surface area contributed by atoms with E-state index < -0.39 is 0 Å². The Morgan fingerprint density at radius 2 is 1.67 bits per heavy atom. The van der Waals surface area contributed by atoms with E-state index >= 15 is 0 Å². The second-order valence-electron chi connectivity index (χ2n) is 7.01. The van der Waals surface area contributed by atoms with Crippen molar-refractivity contribution < 1.29 is 9.59 Å². The van der Waals surface area contributed by atoms with Crippen LogP contribution in [0.15, 0.2) is 24.3 Å². The van der Waals surface area contributed by atoms with Gasteiger partial charge in [0.05, 0.1) is 5.69 Å². The summed E-state index contributed by atoms with van der Waals surface area (Å²) >= 11 is 0. The Bertz CT molecular complexity index is 776. The van der Waals surface area contributed by atoms with Crippen molar-refractivity contribution in [3.63, 3.8) is 0 Å². The Morgan fingerprint density at radius 3 is 2.30 bits per heavy atom. The van der Waals surface area contributed by atoms with Crippen molar-refractivity contribution in [1.82, 2.24) is 9.78 Å². The molecule has 0 saturated heterocycles. The van der Waals surface area contributed by atoms with Crippen LogP contribution in [0.25, 0.3) is 0 Å². The van der Waals surface area contributed by atoms with Gasteiger partial charge in [-0.3, -0.25) is 9.59 Å². The van der Waals surface area contributed by atoms with E-state index in [9.17, 15) is 9.59 Å². The summed E-state index contributed by atoms with van der Waals surface area (Å²) in [6.45, 7) is 7.96. The average molecular weight is 370 g/mol. The van der Waals surface area contributed by atoms with E-state index in [0.29, 0.717) is 17.7 Å². The highest BCUT2D eigenvalue weighted by Crippen LogP contribution is 2.19. The van der Waals surface area contributed by atoms with Gasteiger partial charge in [-0.05, 0) is 56.5 Å². The molecule has 2 aromatic rings. The number of aryl methyl sites for hydroxylation is 1. The standard InChI is InChI=1S/C22H31N3O2/c1-5-7-8-9-10-11-20-16(3)24-25(17(20)4)22(27)18-12-14-19(15-13-18)23-21(26)6-2/h12-15H,5-11H2,1-4H3,(H,23,26). The quantitative estimate of drug-likeness (QED) is 0.629. The molecule has 1 N–H and O–H groups in total. The third-order valence-corrected chi connectivity index (χ3v) is 4.90. The Hall–Kier alpha value is -2.43. The van der Waals surface area contributed by atoms with Gasteiger partial charge in [0.2, 0.25) is 5.91 Å². The largest absolute Gasteiger partial charge is 0.326 e. The lowest BCUT2D eigenvalue weighted by Gasteiger charge is -2.07. The third-order valence-electron chi connectivity index (χ3n) is 4.90. The van der Waals surface area contributed by atoms with Gasteiger partial charge in [0.25, 0.3) is 5.91 Å². The number of carbonyl (C=O) groups is 2. The Kier molecular flexibility index (Phi) is 7.77. The summed E-state index contributed by atoms with van der Waals surface area (Å²) in [6, 6.07) is 6.96. The van der Waals surface area contributed by atoms with Gasteiger partial charge in [0.1, 0.15) is 0 Å². The maximum Gasteiger partial charge on any atom is 0.278 e. The second-order valence-corrected chi connectivity index (χ2v) is 7.01. The number of carbonyl (C=O) groups excluding carboxylic acids is 2. The highest BCUT2D eigenvalue weighted by atomic mass is 16.2. The smallest absolute Gasteiger partial charge is 0.278 e. The highest BCUT2D eigenvalue weighted by molar-refractivity contribution is 5.97. The van der Waals surface area contributed by atoms with Crippen LogP contribution in [-0.4, -0.2) is 21.6 Å². The Labute approximate surface area is 162 Å². The predicted octanol–water partition coefficient (Wildman–Crippen LogP) is 5.05. The summed E-state index contributed by atoms with van der Waals surface area (Å²) < 4.78 is 1.51. The molecule has 0 atom stereocenters. The maximum absolute atomic E-state index is 12.9. The molecule has 0 spiro atoms. The number of nitrogens with one attached hydrogen (secondary N) is 1. The van der Waals surface area contributed by atoms with E-state index in [1.165, 1.54) is 35.9 Å². The fourth-order valence-corrected chi connectivity index (χ4v) is 3.21. The molecule has 1 aromatic carbocycles. The topological polar surface area (TPSA) is 64.0 Å². The van der Waals surface area contributed by atoms with Crippen molar-refractivity contribution in [3.8, 4) is 0 Å². The molecule has 5 nitrogen and oxygen atoms in total. The number of unbranched alkanes of at least 4 members (excludes halogenated alkanes) is 4. The molecule has 0 aliphatic rings. The van der Waals surface area contributed by atoms with E-state index in [2.05, 4.69) is 17.3 Å². The van der Waals surface area contributed by atoms with Gasteiger partial charge in [-0.25, -0.2) is 4.68 Å². The molecule has 146 valence electrons. The lowest BCUT2D eigenvalue weighted by Crippen LogP contribution is -2.16. The Balaban J connectivity index is 2.08. The number of rotatable bonds is 9. The van der Waals surface area contributed by atoms with Crippen LogP contribution in [0.2, 0.25) is 0 Å². The number of hydrogen-bond acceptors (Lipinski definition) is 3. The molecule has 0 fully saturated rings. The molecule has 0 radical (unpaired) electrons. The van der Waals surface area contributed by atoms with Gasteiger partial charge >= 0.3 is 0 Å². The monoisotopic (exact) mass is 369 g/mol. The first-order chi connectivity index (χ1) is 13.0. The number of aromatic nitrogens is 2. The van der Waals surface area contributed by atoms with Crippen molar-refractivity contribution in [2.75, 3.05) is 5.32 Å². The van der Waals surface area contributed by atoms with Crippen LogP contribution < -0.4 is 5.32 Å². The molecule has 0 aliphatic heterocycles. The summed E-state index contributed by atoms with van der Waals surface area (Å²) in [6.07, 6.45) is 7.53. The van der Waals surface area contributed by atoms with Crippen LogP contribution in [0.1, 0.15) is 79.7 Å². The van der Waals surface area contributed by atoms with Crippen LogP contribution in [0.3, 0.4) is 0 Å². The molecule has 2 rings (SSSR count). The Morgan fingerprint density at radius 1 is 1.00 bits per heavy atom. The average Bonchev–Trinajstić information content (AvgIpc) is 2.95. The molecule has 5 heteroatoms. The van der Waals surface area contributed by atoms with E-state index in [1.54, 1.807) is 31.2 Å². The second kappa shape index (κ2) is 10.0. The summed E-state index contributed by atoms with van der Waals surface area (Å²) in [5.41, 5.74) is 4.30. The lowest BCUT2D eigenvalue weighted by atomic mass is 10.0. The molecule has 1 aromatic heterocycles. The van der Waals surface area contributed by atoms with Crippen LogP contribution in [0.5, 0.6) is 0 Å². The van der Waals surface area contributed by atoms with Crippen molar-refractivity contribution >= 4 is 17.5 Å². The zero-order valence-electron chi connectivity index (χ0n) is 17.0. The van der Waals surface area contributed by atoms with Crippen LogP contribution in [0.4, 0.5) is 5.69 Å². The van der Waals surface area contributed by atoms with Crippen molar-refractivity contribution in [2.45, 2.75) is 72.6 Å². The molecule has 0 unspecified atom stereocenters. The number of amides is 1. The molecule has 0 bridgehead atoms. The first-order valence-corrected chi connectivity index (χ1v) is 9.97. The molecule has 27 heavy (non-hydrogen) atoms. The van der Waals surface area contributed by atoms with Crippen LogP contribution in [0, 0.1) is 13.8 Å². The van der Waals surface area contributed by atoms with Crippen LogP contribution >= 0.6 is 0 Å². The fraction of sp³-hybridized carbons (Fsp3) is 0.500. The third kappa shape index (κ3) is 5.52. The van der Waals surface area contributed by atoms with Crippen molar-refractivity contribution in [1.29, 1.82) is 0 Å². The van der Waals surface area contributed by atoms with Gasteiger partial charge in [-0.15, -0.1) is 0 Å². The van der Waals surface area contributed by atoms with Gasteiger partial charge in [-0.1, -0.05) is 39.5 Å².